The summed E-state index contributed by atoms with van der Waals surface area (Å²) in [6.07, 6.45) is 1.26. The van der Waals surface area contributed by atoms with Crippen LogP contribution in [0.2, 0.25) is 0 Å². The van der Waals surface area contributed by atoms with Crippen LogP contribution in [0, 0.1) is 0 Å². The molecule has 0 rings (SSSR count). The first-order valence-corrected chi connectivity index (χ1v) is 3.39. The summed E-state index contributed by atoms with van der Waals surface area (Å²) in [7, 11) is 0. The van der Waals surface area contributed by atoms with Crippen LogP contribution in [0.4, 0.5) is 0 Å². The molecule has 2 heteroatoms. The van der Waals surface area contributed by atoms with Gasteiger partial charge in [0, 0.05) is 0 Å². The van der Waals surface area contributed by atoms with Gasteiger partial charge in [0.1, 0.15) is 0 Å². The Bertz CT molecular complexity index is 14.4. The van der Waals surface area contributed by atoms with Crippen molar-refractivity contribution in [2.45, 2.75) is 13.3 Å². The summed E-state index contributed by atoms with van der Waals surface area (Å²) in [6, 6.07) is 0. The topological polar surface area (TPSA) is 12.0 Å². The van der Waals surface area contributed by atoms with Crippen LogP contribution in [-0.4, -0.2) is 6.54 Å². The fourth-order valence-electron chi connectivity index (χ4n) is 0.112. The number of nitrogens with one attached hydrogen (secondary N) is 1. The number of hydrogen-bond donors (Lipinski definition) is 1. The van der Waals surface area contributed by atoms with Crippen molar-refractivity contribution in [1.29, 1.82) is 0 Å². The van der Waals surface area contributed by atoms with Gasteiger partial charge in [-0.3, -0.25) is 0 Å². The summed E-state index contributed by atoms with van der Waals surface area (Å²) in [5.41, 5.74) is 0. The van der Waals surface area contributed by atoms with Crippen LogP contribution in [0.5, 0.6) is 0 Å². The predicted octanol–water partition coefficient (Wildman–Crippen LogP) is 0.448. The van der Waals surface area contributed by atoms with Crippen LogP contribution in [0.1, 0.15) is 13.3 Å². The predicted molar refractivity (Wildman–Crippen MR) is 18.3 cm³/mol. The molecule has 0 saturated heterocycles. The van der Waals surface area contributed by atoms with Crippen molar-refractivity contribution in [2.24, 2.45) is 0 Å². The van der Waals surface area contributed by atoms with E-state index in [4.69, 9.17) is 0 Å². The van der Waals surface area contributed by atoms with Gasteiger partial charge in [-0.05, 0) is 0 Å². The van der Waals surface area contributed by atoms with E-state index in [2.05, 4.69) is 10.6 Å². The Balaban J connectivity index is 2.19. The molecule has 0 aromatic carbocycles. The molecule has 0 unspecified atom stereocenters. The summed E-state index contributed by atoms with van der Waals surface area (Å²) in [5, 5.41) is 0. The average molecular weight is 239 g/mol. The van der Waals surface area contributed by atoms with Gasteiger partial charge in [-0.25, -0.2) is 0 Å². The van der Waals surface area contributed by atoms with E-state index >= 15 is 0 Å². The van der Waals surface area contributed by atoms with Gasteiger partial charge >= 0.3 is 44.9 Å². The van der Waals surface area contributed by atoms with Crippen LogP contribution >= 0.6 is 0 Å². The van der Waals surface area contributed by atoms with Gasteiger partial charge < -0.3 is 0 Å². The van der Waals surface area contributed by atoms with Gasteiger partial charge in [-0.2, -0.15) is 0 Å². The van der Waals surface area contributed by atoms with Gasteiger partial charge in [0.05, 0.1) is 0 Å². The first kappa shape index (κ1) is 5.70. The molecule has 0 fully saturated rings. The summed E-state index contributed by atoms with van der Waals surface area (Å²) >= 11 is 1.31. The number of hydrogen-bond acceptors (Lipinski definition) is 1. The molecule has 5 heavy (non-hydrogen) atoms. The monoisotopic (exact) mass is 239 g/mol. The second-order valence-electron chi connectivity index (χ2n) is 0.908. The van der Waals surface area contributed by atoms with E-state index in [1.54, 1.807) is 0 Å². The van der Waals surface area contributed by atoms with Gasteiger partial charge in [0.25, 0.3) is 0 Å². The summed E-state index contributed by atoms with van der Waals surface area (Å²) in [5.74, 6) is 0. The van der Waals surface area contributed by atoms with Crippen LogP contribution < -0.4 is 3.72 Å². The molecule has 0 aromatic heterocycles. The Morgan fingerprint density at radius 2 is 2.40 bits per heavy atom. The summed E-state index contributed by atoms with van der Waals surface area (Å²) in [6.45, 7) is 3.36. The molecule has 1 N–H and O–H groups in total. The number of rotatable bonds is 2. The molecule has 1 nitrogen and oxygen atoms in total. The molecule has 0 spiro atoms. The maximum atomic E-state index is 3.13. The second kappa shape index (κ2) is 4.70. The van der Waals surface area contributed by atoms with Crippen molar-refractivity contribution in [3.8, 4) is 0 Å². The standard InChI is InChI=1S/C3H8N.Ta/c1-2-3-4;/h4H,2-3H2,1H3;/q-1;+1. The molecule has 0 bridgehead atoms. The third-order valence-electron chi connectivity index (χ3n) is 0.362. The Morgan fingerprint density at radius 3 is 2.40 bits per heavy atom. The first-order valence-electron chi connectivity index (χ1n) is 1.78. The Labute approximate surface area is 45.4 Å². The third kappa shape index (κ3) is 4.70. The Morgan fingerprint density at radius 1 is 1.80 bits per heavy atom. The zero-order valence-corrected chi connectivity index (χ0v) is 6.57. The van der Waals surface area contributed by atoms with Crippen LogP contribution in [0.15, 0.2) is 0 Å². The fraction of sp³-hybridized carbons (Fsp3) is 1.00. The van der Waals surface area contributed by atoms with Crippen molar-refractivity contribution in [3.63, 3.8) is 0 Å². The molecule has 0 radical (unpaired) electrons. The minimum atomic E-state index is 1.19. The van der Waals surface area contributed by atoms with Crippen LogP contribution in [0.25, 0.3) is 0 Å². The summed E-state index contributed by atoms with van der Waals surface area (Å²) in [4.78, 5) is 0. The molecular formula is C3H8NTa. The average Bonchev–Trinajstić information content (AvgIpc) is 1.41. The van der Waals surface area contributed by atoms with E-state index in [1.807, 2.05) is 0 Å². The van der Waals surface area contributed by atoms with E-state index in [9.17, 15) is 0 Å². The second-order valence-corrected chi connectivity index (χ2v) is 2.04. The molecule has 0 aliphatic carbocycles. The Kier molecular flexibility index (Phi) is 5.36. The van der Waals surface area contributed by atoms with Crippen molar-refractivity contribution in [1.82, 2.24) is 3.72 Å². The molecule has 0 amide bonds. The summed E-state index contributed by atoms with van der Waals surface area (Å²) < 4.78 is 3.13. The normalized spacial score (nSPS) is 8.20. The van der Waals surface area contributed by atoms with Gasteiger partial charge in [0.15, 0.2) is 0 Å². The maximum absolute atomic E-state index is 3.13. The molecular weight excluding hydrogens is 231 g/mol. The molecule has 0 aliphatic rings. The van der Waals surface area contributed by atoms with E-state index in [-0.39, 0.29) is 0 Å². The zero-order chi connectivity index (χ0) is 4.12. The van der Waals surface area contributed by atoms with Crippen molar-refractivity contribution in [3.05, 3.63) is 0 Å². The first-order chi connectivity index (χ1) is 2.41. The van der Waals surface area contributed by atoms with Crippen molar-refractivity contribution < 1.29 is 21.3 Å². The molecule has 0 aliphatic heterocycles. The van der Waals surface area contributed by atoms with Gasteiger partial charge in [0.2, 0.25) is 0 Å². The SMILES string of the molecule is CCC[NH][Ta]. The molecule has 30 valence electrons. The Hall–Kier alpha value is 0.700. The van der Waals surface area contributed by atoms with Gasteiger partial charge in [-0.1, -0.05) is 0 Å². The van der Waals surface area contributed by atoms with Crippen molar-refractivity contribution >= 4 is 0 Å². The third-order valence-corrected chi connectivity index (χ3v) is 1.17. The van der Waals surface area contributed by atoms with E-state index in [0.717, 1.165) is 0 Å². The van der Waals surface area contributed by atoms with E-state index in [0.29, 0.717) is 0 Å². The fourth-order valence-corrected chi connectivity index (χ4v) is 0.915. The van der Waals surface area contributed by atoms with Gasteiger partial charge in [-0.15, -0.1) is 0 Å². The van der Waals surface area contributed by atoms with Crippen molar-refractivity contribution in [2.75, 3.05) is 6.54 Å². The molecule has 0 aromatic rings. The molecule has 0 saturated carbocycles. The van der Waals surface area contributed by atoms with Crippen LogP contribution in [0.3, 0.4) is 0 Å². The van der Waals surface area contributed by atoms with E-state index in [1.165, 1.54) is 34.3 Å². The minimum absolute atomic E-state index is 1.19. The molecule has 0 heterocycles. The zero-order valence-electron chi connectivity index (χ0n) is 3.36. The van der Waals surface area contributed by atoms with E-state index < -0.39 is 0 Å². The quantitative estimate of drug-likeness (QED) is 0.737. The molecule has 0 atom stereocenters. The van der Waals surface area contributed by atoms with Crippen LogP contribution in [-0.2, 0) is 21.3 Å².